The van der Waals surface area contributed by atoms with E-state index in [2.05, 4.69) is 17.2 Å². The van der Waals surface area contributed by atoms with Crippen LogP contribution in [0.25, 0.3) is 0 Å². The summed E-state index contributed by atoms with van der Waals surface area (Å²) < 4.78 is 16.0. The monoisotopic (exact) mass is 472 g/mol. The Bertz CT molecular complexity index is 723. The van der Waals surface area contributed by atoms with Crippen LogP contribution in [-0.4, -0.2) is 78.1 Å². The third kappa shape index (κ3) is 9.66. The second kappa shape index (κ2) is 14.3. The first-order valence-electron chi connectivity index (χ1n) is 10.9. The summed E-state index contributed by atoms with van der Waals surface area (Å²) in [4.78, 5) is 39.3. The van der Waals surface area contributed by atoms with Gasteiger partial charge in [-0.05, 0) is 12.5 Å². The number of rotatable bonds is 14. The van der Waals surface area contributed by atoms with Crippen LogP contribution in [0.2, 0.25) is 0 Å². The van der Waals surface area contributed by atoms with E-state index in [0.717, 1.165) is 31.8 Å². The van der Waals surface area contributed by atoms with Gasteiger partial charge in [0.25, 0.3) is 0 Å². The van der Waals surface area contributed by atoms with Crippen LogP contribution in [0.4, 0.5) is 0 Å². The maximum atomic E-state index is 12.0. The molecule has 0 spiro atoms. The normalized spacial score (nSPS) is 21.7. The van der Waals surface area contributed by atoms with Crippen LogP contribution in [0.3, 0.4) is 0 Å². The summed E-state index contributed by atoms with van der Waals surface area (Å²) >= 11 is 0. The van der Waals surface area contributed by atoms with Crippen molar-refractivity contribution < 1.29 is 38.8 Å². The molecule has 12 heteroatoms. The van der Waals surface area contributed by atoms with Gasteiger partial charge in [0.2, 0.25) is 11.7 Å². The molecule has 0 saturated carbocycles. The summed E-state index contributed by atoms with van der Waals surface area (Å²) in [5.41, 5.74) is 10.9. The fraction of sp³-hybridized carbons (Fsp3) is 0.714. The van der Waals surface area contributed by atoms with Crippen LogP contribution in [-0.2, 0) is 28.6 Å². The van der Waals surface area contributed by atoms with Crippen molar-refractivity contribution in [3.8, 4) is 0 Å². The van der Waals surface area contributed by atoms with Gasteiger partial charge in [0.15, 0.2) is 12.1 Å². The van der Waals surface area contributed by atoms with Gasteiger partial charge in [-0.3, -0.25) is 9.59 Å². The minimum Gasteiger partial charge on any atom is -0.478 e. The summed E-state index contributed by atoms with van der Waals surface area (Å²) in [5, 5.41) is 22.7. The number of aliphatic imine (C=N–C) groups is 1. The molecule has 1 aliphatic rings. The third-order valence-electron chi connectivity index (χ3n) is 5.06. The molecular weight excluding hydrogens is 436 g/mol. The van der Waals surface area contributed by atoms with Gasteiger partial charge in [0.1, 0.15) is 18.8 Å². The first kappa shape index (κ1) is 28.2. The average Bonchev–Trinajstić information content (AvgIpc) is 2.73. The van der Waals surface area contributed by atoms with E-state index >= 15 is 0 Å². The highest BCUT2D eigenvalue weighted by Gasteiger charge is 2.45. The molecule has 0 aromatic carbocycles. The number of ether oxygens (including phenoxy) is 3. The van der Waals surface area contributed by atoms with Crippen LogP contribution in [0.5, 0.6) is 0 Å². The lowest BCUT2D eigenvalue weighted by atomic mass is 9.92. The Labute approximate surface area is 193 Å². The lowest BCUT2D eigenvalue weighted by molar-refractivity contribution is -0.159. The standard InChI is InChI=1S/C21H36N4O8/c1-4-5-6-7-8-9-16(28)32-11-14(27)18(31-3)19-17(24-12(2)26)13(25-21(22)23)10-15(33-19)20(29)30/h10,13-14,17-19,27H,4-9,11H2,1-3H3,(H,24,26)(H,29,30)(H4,22,23,25)/t13-,14+,17?,18+,19+/m0/s1. The first-order valence-corrected chi connectivity index (χ1v) is 10.9. The van der Waals surface area contributed by atoms with E-state index < -0.39 is 60.6 Å². The predicted octanol–water partition coefficient (Wildman–Crippen LogP) is -0.220. The van der Waals surface area contributed by atoms with Crippen molar-refractivity contribution in [3.63, 3.8) is 0 Å². The molecule has 0 aliphatic carbocycles. The number of carboxylic acids is 1. The molecule has 1 unspecified atom stereocenters. The number of nitrogens with one attached hydrogen (secondary N) is 1. The fourth-order valence-corrected chi connectivity index (χ4v) is 3.53. The number of methoxy groups -OCH3 is 1. The number of guanidine groups is 1. The van der Waals surface area contributed by atoms with Crippen LogP contribution in [0.15, 0.2) is 16.8 Å². The molecule has 7 N–H and O–H groups in total. The summed E-state index contributed by atoms with van der Waals surface area (Å²) in [6, 6.07) is -1.97. The molecule has 0 saturated heterocycles. The van der Waals surface area contributed by atoms with Gasteiger partial charge < -0.3 is 41.2 Å². The first-order chi connectivity index (χ1) is 15.6. The highest BCUT2D eigenvalue weighted by molar-refractivity contribution is 5.85. The molecule has 1 aliphatic heterocycles. The second-order valence-corrected chi connectivity index (χ2v) is 7.80. The minimum absolute atomic E-state index is 0.223. The number of esters is 1. The Morgan fingerprint density at radius 1 is 1.24 bits per heavy atom. The highest BCUT2D eigenvalue weighted by Crippen LogP contribution is 2.26. The van der Waals surface area contributed by atoms with E-state index in [0.29, 0.717) is 6.42 Å². The van der Waals surface area contributed by atoms with Crippen LogP contribution < -0.4 is 16.8 Å². The summed E-state index contributed by atoms with van der Waals surface area (Å²) in [6.07, 6.45) is 2.45. The van der Waals surface area contributed by atoms with E-state index in [-0.39, 0.29) is 12.4 Å². The number of aliphatic carboxylic acids is 1. The lowest BCUT2D eigenvalue weighted by Crippen LogP contribution is -2.60. The van der Waals surface area contributed by atoms with Gasteiger partial charge in [-0.15, -0.1) is 0 Å². The fourth-order valence-electron chi connectivity index (χ4n) is 3.53. The van der Waals surface area contributed by atoms with E-state index in [1.807, 2.05) is 0 Å². The van der Waals surface area contributed by atoms with Crippen molar-refractivity contribution in [2.75, 3.05) is 13.7 Å². The molecule has 5 atom stereocenters. The molecule has 0 radical (unpaired) electrons. The average molecular weight is 473 g/mol. The van der Waals surface area contributed by atoms with Crippen LogP contribution in [0.1, 0.15) is 52.4 Å². The van der Waals surface area contributed by atoms with Crippen molar-refractivity contribution in [2.45, 2.75) is 82.8 Å². The number of hydrogen-bond acceptors (Lipinski definition) is 8. The SMILES string of the molecule is CCCCCCCC(=O)OC[C@@H](O)[C@@H](OC)[C@@H]1OC(C(=O)O)=C[C@H](N=C(N)N)C1NC(C)=O. The smallest absolute Gasteiger partial charge is 0.370 e. The quantitative estimate of drug-likeness (QED) is 0.0975. The number of hydrogen-bond donors (Lipinski definition) is 5. The van der Waals surface area contributed by atoms with Crippen molar-refractivity contribution in [1.82, 2.24) is 5.32 Å². The van der Waals surface area contributed by atoms with Gasteiger partial charge in [-0.2, -0.15) is 0 Å². The number of nitrogens with two attached hydrogens (primary N) is 2. The minimum atomic E-state index is -1.39. The Morgan fingerprint density at radius 3 is 2.45 bits per heavy atom. The zero-order valence-corrected chi connectivity index (χ0v) is 19.4. The summed E-state index contributed by atoms with van der Waals surface area (Å²) in [6.45, 7) is 2.95. The summed E-state index contributed by atoms with van der Waals surface area (Å²) in [5.74, 6) is -3.13. The van der Waals surface area contributed by atoms with Crippen LogP contribution in [0, 0.1) is 0 Å². The lowest BCUT2D eigenvalue weighted by Gasteiger charge is -2.40. The molecule has 1 amide bonds. The number of carbonyl (C=O) groups is 3. The molecule has 1 rings (SSSR count). The molecule has 1 heterocycles. The predicted molar refractivity (Wildman–Crippen MR) is 119 cm³/mol. The second-order valence-electron chi connectivity index (χ2n) is 7.80. The van der Waals surface area contributed by atoms with Gasteiger partial charge in [-0.1, -0.05) is 32.6 Å². The van der Waals surface area contributed by atoms with E-state index in [1.54, 1.807) is 0 Å². The van der Waals surface area contributed by atoms with Crippen molar-refractivity contribution >= 4 is 23.8 Å². The maximum Gasteiger partial charge on any atom is 0.370 e. The molecule has 0 fully saturated rings. The number of carbonyl (C=O) groups excluding carboxylic acids is 2. The zero-order valence-electron chi connectivity index (χ0n) is 19.4. The van der Waals surface area contributed by atoms with Crippen molar-refractivity contribution in [2.24, 2.45) is 16.5 Å². The molecule has 12 nitrogen and oxygen atoms in total. The Hall–Kier alpha value is -2.86. The molecule has 0 aromatic rings. The third-order valence-corrected chi connectivity index (χ3v) is 5.06. The summed E-state index contributed by atoms with van der Waals surface area (Å²) in [7, 11) is 1.27. The number of nitrogens with zero attached hydrogens (tertiary/aromatic N) is 1. The molecule has 188 valence electrons. The molecule has 33 heavy (non-hydrogen) atoms. The number of aliphatic hydroxyl groups is 1. The van der Waals surface area contributed by atoms with E-state index in [4.69, 9.17) is 25.7 Å². The van der Waals surface area contributed by atoms with Gasteiger partial charge in [0.05, 0.1) is 12.1 Å². The van der Waals surface area contributed by atoms with Crippen molar-refractivity contribution in [1.29, 1.82) is 0 Å². The molecule has 0 aromatic heterocycles. The topological polar surface area (TPSA) is 196 Å². The maximum absolute atomic E-state index is 12.0. The highest BCUT2D eigenvalue weighted by atomic mass is 16.6. The zero-order chi connectivity index (χ0) is 25.0. The van der Waals surface area contributed by atoms with Gasteiger partial charge in [-0.25, -0.2) is 9.79 Å². The van der Waals surface area contributed by atoms with Gasteiger partial charge in [0, 0.05) is 20.5 Å². The Kier molecular flexibility index (Phi) is 12.2. The number of carboxylic acid groups (broad SMARTS) is 1. The molecule has 0 bridgehead atoms. The van der Waals surface area contributed by atoms with Gasteiger partial charge >= 0.3 is 11.9 Å². The Balaban J connectivity index is 2.94. The van der Waals surface area contributed by atoms with Crippen molar-refractivity contribution in [3.05, 3.63) is 11.8 Å². The van der Waals surface area contributed by atoms with E-state index in [9.17, 15) is 24.6 Å². The number of aliphatic hydroxyl groups excluding tert-OH is 1. The molecular formula is C21H36N4O8. The largest absolute Gasteiger partial charge is 0.478 e. The number of amides is 1. The number of unbranched alkanes of at least 4 members (excludes halogenated alkanes) is 4. The van der Waals surface area contributed by atoms with E-state index in [1.165, 1.54) is 14.0 Å². The Morgan fingerprint density at radius 2 is 1.91 bits per heavy atom. The van der Waals surface area contributed by atoms with Crippen LogP contribution >= 0.6 is 0 Å².